The highest BCUT2D eigenvalue weighted by molar-refractivity contribution is 5.31. The molecule has 0 aromatic carbocycles. The Balaban J connectivity index is 2.28. The van der Waals surface area contributed by atoms with Gasteiger partial charge in [0, 0.05) is 25.0 Å². The van der Waals surface area contributed by atoms with Gasteiger partial charge in [-0.15, -0.1) is 0 Å². The second-order valence-electron chi connectivity index (χ2n) is 3.38. The predicted molar refractivity (Wildman–Crippen MR) is 53.7 cm³/mol. The number of nitrogen functional groups attached to an aromatic ring is 1. The molecule has 5 heteroatoms. The molecule has 2 N–H and O–H groups in total. The highest BCUT2D eigenvalue weighted by Crippen LogP contribution is 2.16. The van der Waals surface area contributed by atoms with Gasteiger partial charge in [0.1, 0.15) is 0 Å². The summed E-state index contributed by atoms with van der Waals surface area (Å²) in [6.45, 7) is 2.06. The van der Waals surface area contributed by atoms with Gasteiger partial charge in [-0.2, -0.15) is 10.2 Å². The van der Waals surface area contributed by atoms with E-state index in [-0.39, 0.29) is 6.04 Å². The minimum absolute atomic E-state index is 0.168. The summed E-state index contributed by atoms with van der Waals surface area (Å²) in [7, 11) is 1.90. The Morgan fingerprint density at radius 3 is 2.57 bits per heavy atom. The van der Waals surface area contributed by atoms with Gasteiger partial charge in [0.25, 0.3) is 0 Å². The molecule has 0 aliphatic heterocycles. The molecule has 0 saturated heterocycles. The third-order valence-corrected chi connectivity index (χ3v) is 2.23. The highest BCUT2D eigenvalue weighted by Gasteiger charge is 2.09. The van der Waals surface area contributed by atoms with Crippen molar-refractivity contribution < 1.29 is 0 Å². The lowest BCUT2D eigenvalue weighted by Gasteiger charge is -2.08. The van der Waals surface area contributed by atoms with Gasteiger partial charge in [-0.3, -0.25) is 9.36 Å². The molecule has 14 heavy (non-hydrogen) atoms. The molecule has 2 rings (SSSR count). The van der Waals surface area contributed by atoms with Crippen molar-refractivity contribution in [2.45, 2.75) is 13.0 Å². The normalized spacial score (nSPS) is 13.0. The Morgan fingerprint density at radius 1 is 1.29 bits per heavy atom. The van der Waals surface area contributed by atoms with Crippen molar-refractivity contribution in [3.05, 3.63) is 30.4 Å². The van der Waals surface area contributed by atoms with Crippen LogP contribution in [0.25, 0.3) is 0 Å². The number of aryl methyl sites for hydroxylation is 1. The van der Waals surface area contributed by atoms with E-state index in [2.05, 4.69) is 17.1 Å². The van der Waals surface area contributed by atoms with E-state index in [1.54, 1.807) is 10.9 Å². The fraction of sp³-hybridized carbons (Fsp3) is 0.333. The molecule has 2 heterocycles. The molecule has 0 radical (unpaired) electrons. The first-order chi connectivity index (χ1) is 6.66. The molecule has 74 valence electrons. The fourth-order valence-corrected chi connectivity index (χ4v) is 1.37. The lowest BCUT2D eigenvalue weighted by Crippen LogP contribution is -2.06. The van der Waals surface area contributed by atoms with Crippen molar-refractivity contribution in [1.29, 1.82) is 0 Å². The lowest BCUT2D eigenvalue weighted by atomic mass is 10.2. The average Bonchev–Trinajstić information content (AvgIpc) is 2.73. The van der Waals surface area contributed by atoms with Crippen LogP contribution in [-0.4, -0.2) is 19.6 Å². The summed E-state index contributed by atoms with van der Waals surface area (Å²) >= 11 is 0. The van der Waals surface area contributed by atoms with E-state index >= 15 is 0 Å². The van der Waals surface area contributed by atoms with Crippen molar-refractivity contribution in [3.8, 4) is 0 Å². The standard InChI is InChI=1S/C9H13N5/c1-7(8-3-11-13(2)5-8)14-6-9(10)4-12-14/h3-7H,10H2,1-2H3. The largest absolute Gasteiger partial charge is 0.396 e. The molecule has 0 saturated carbocycles. The van der Waals surface area contributed by atoms with Crippen LogP contribution >= 0.6 is 0 Å². The second kappa shape index (κ2) is 3.17. The van der Waals surface area contributed by atoms with Crippen molar-refractivity contribution in [1.82, 2.24) is 19.6 Å². The fourth-order valence-electron chi connectivity index (χ4n) is 1.37. The van der Waals surface area contributed by atoms with E-state index in [1.807, 2.05) is 30.3 Å². The summed E-state index contributed by atoms with van der Waals surface area (Å²) in [5, 5.41) is 8.27. The van der Waals surface area contributed by atoms with E-state index in [1.165, 1.54) is 0 Å². The minimum atomic E-state index is 0.168. The van der Waals surface area contributed by atoms with Gasteiger partial charge in [0.05, 0.1) is 24.1 Å². The van der Waals surface area contributed by atoms with Crippen LogP contribution in [0.2, 0.25) is 0 Å². The van der Waals surface area contributed by atoms with E-state index in [4.69, 9.17) is 5.73 Å². The molecular weight excluding hydrogens is 178 g/mol. The maximum atomic E-state index is 5.60. The summed E-state index contributed by atoms with van der Waals surface area (Å²) in [6, 6.07) is 0.168. The monoisotopic (exact) mass is 191 g/mol. The third-order valence-electron chi connectivity index (χ3n) is 2.23. The van der Waals surface area contributed by atoms with Gasteiger partial charge in [-0.25, -0.2) is 0 Å². The summed E-state index contributed by atoms with van der Waals surface area (Å²) in [4.78, 5) is 0. The molecule has 5 nitrogen and oxygen atoms in total. The Labute approximate surface area is 82.1 Å². The first-order valence-electron chi connectivity index (χ1n) is 4.45. The molecule has 0 aliphatic carbocycles. The Morgan fingerprint density at radius 2 is 2.07 bits per heavy atom. The highest BCUT2D eigenvalue weighted by atomic mass is 15.3. The van der Waals surface area contributed by atoms with Gasteiger partial charge in [-0.05, 0) is 6.92 Å². The van der Waals surface area contributed by atoms with Crippen LogP contribution in [0.15, 0.2) is 24.8 Å². The van der Waals surface area contributed by atoms with E-state index < -0.39 is 0 Å². The maximum absolute atomic E-state index is 5.60. The van der Waals surface area contributed by atoms with Crippen molar-refractivity contribution in [2.75, 3.05) is 5.73 Å². The zero-order chi connectivity index (χ0) is 10.1. The number of hydrogen-bond acceptors (Lipinski definition) is 3. The maximum Gasteiger partial charge on any atom is 0.0771 e. The average molecular weight is 191 g/mol. The number of nitrogens with zero attached hydrogens (tertiary/aromatic N) is 4. The van der Waals surface area contributed by atoms with E-state index in [9.17, 15) is 0 Å². The van der Waals surface area contributed by atoms with Crippen LogP contribution in [0.3, 0.4) is 0 Å². The molecule has 2 aromatic heterocycles. The Hall–Kier alpha value is -1.78. The number of rotatable bonds is 2. The predicted octanol–water partition coefficient (Wildman–Crippen LogP) is 0.808. The molecule has 1 unspecified atom stereocenters. The molecule has 2 aromatic rings. The van der Waals surface area contributed by atoms with Crippen LogP contribution in [0, 0.1) is 0 Å². The van der Waals surface area contributed by atoms with Crippen molar-refractivity contribution in [3.63, 3.8) is 0 Å². The smallest absolute Gasteiger partial charge is 0.0771 e. The topological polar surface area (TPSA) is 61.7 Å². The molecule has 0 fully saturated rings. The third kappa shape index (κ3) is 1.48. The minimum Gasteiger partial charge on any atom is -0.396 e. The van der Waals surface area contributed by atoms with Gasteiger partial charge < -0.3 is 5.73 Å². The van der Waals surface area contributed by atoms with Gasteiger partial charge >= 0.3 is 0 Å². The van der Waals surface area contributed by atoms with Crippen LogP contribution < -0.4 is 5.73 Å². The molecule has 0 amide bonds. The molecule has 0 bridgehead atoms. The molecule has 1 atom stereocenters. The quantitative estimate of drug-likeness (QED) is 0.764. The Bertz CT molecular complexity index is 388. The SMILES string of the molecule is CC(c1cnn(C)c1)n1cc(N)cn1. The van der Waals surface area contributed by atoms with Crippen molar-refractivity contribution in [2.24, 2.45) is 7.05 Å². The number of aromatic nitrogens is 4. The van der Waals surface area contributed by atoms with Gasteiger partial charge in [0.2, 0.25) is 0 Å². The molecule has 0 aliphatic rings. The summed E-state index contributed by atoms with van der Waals surface area (Å²) in [6.07, 6.45) is 7.27. The summed E-state index contributed by atoms with van der Waals surface area (Å²) in [5.74, 6) is 0. The number of hydrogen-bond donors (Lipinski definition) is 1. The van der Waals surface area contributed by atoms with Crippen molar-refractivity contribution >= 4 is 5.69 Å². The zero-order valence-corrected chi connectivity index (χ0v) is 8.25. The van der Waals surface area contributed by atoms with Gasteiger partial charge in [-0.1, -0.05) is 0 Å². The second-order valence-corrected chi connectivity index (χ2v) is 3.38. The van der Waals surface area contributed by atoms with Crippen LogP contribution in [-0.2, 0) is 7.05 Å². The Kier molecular flexibility index (Phi) is 1.99. The summed E-state index contributed by atoms with van der Waals surface area (Å²) < 4.78 is 3.60. The van der Waals surface area contributed by atoms with Gasteiger partial charge in [0.15, 0.2) is 0 Å². The molecular formula is C9H13N5. The number of anilines is 1. The lowest BCUT2D eigenvalue weighted by molar-refractivity contribution is 0.564. The van der Waals surface area contributed by atoms with Crippen LogP contribution in [0.5, 0.6) is 0 Å². The first-order valence-corrected chi connectivity index (χ1v) is 4.45. The summed E-state index contributed by atoms with van der Waals surface area (Å²) in [5.41, 5.74) is 7.40. The zero-order valence-electron chi connectivity index (χ0n) is 8.25. The van der Waals surface area contributed by atoms with E-state index in [0.717, 1.165) is 5.56 Å². The molecule has 0 spiro atoms. The first kappa shape index (κ1) is 8.80. The van der Waals surface area contributed by atoms with Crippen LogP contribution in [0.1, 0.15) is 18.5 Å². The van der Waals surface area contributed by atoms with E-state index in [0.29, 0.717) is 5.69 Å². The van der Waals surface area contributed by atoms with Crippen LogP contribution in [0.4, 0.5) is 5.69 Å². The number of nitrogens with two attached hydrogens (primary N) is 1.